The van der Waals surface area contributed by atoms with Crippen molar-refractivity contribution < 1.29 is 0 Å². The predicted molar refractivity (Wildman–Crippen MR) is 85.3 cm³/mol. The molecule has 0 unspecified atom stereocenters. The summed E-state index contributed by atoms with van der Waals surface area (Å²) >= 11 is 0. The van der Waals surface area contributed by atoms with Gasteiger partial charge in [0.05, 0.1) is 0 Å². The minimum atomic E-state index is 0.563. The molecule has 0 amide bonds. The van der Waals surface area contributed by atoms with Crippen molar-refractivity contribution in [2.24, 2.45) is 10.9 Å². The second kappa shape index (κ2) is 8.00. The molecule has 1 aromatic rings. The summed E-state index contributed by atoms with van der Waals surface area (Å²) in [6.07, 6.45) is 7.82. The van der Waals surface area contributed by atoms with Crippen LogP contribution in [0, 0.1) is 5.92 Å². The lowest BCUT2D eigenvalue weighted by Gasteiger charge is -2.28. The molecule has 1 fully saturated rings. The Kier molecular flexibility index (Phi) is 6.02. The summed E-state index contributed by atoms with van der Waals surface area (Å²) in [6, 6.07) is 0.563. The maximum absolute atomic E-state index is 4.32. The van der Waals surface area contributed by atoms with Crippen molar-refractivity contribution in [3.8, 4) is 0 Å². The zero-order valence-corrected chi connectivity index (χ0v) is 13.5. The molecule has 0 bridgehead atoms. The molecule has 6 heteroatoms. The molecule has 1 saturated carbocycles. The molecule has 2 N–H and O–H groups in total. The SMILES string of the molecule is CCc1nncn1CCNC(=NC)NC1CCC(C)CC1. The van der Waals surface area contributed by atoms with Crippen LogP contribution in [0.4, 0.5) is 0 Å². The summed E-state index contributed by atoms with van der Waals surface area (Å²) in [5.41, 5.74) is 0. The van der Waals surface area contributed by atoms with Crippen LogP contribution in [0.1, 0.15) is 45.4 Å². The number of aromatic nitrogens is 3. The van der Waals surface area contributed by atoms with Crippen molar-refractivity contribution in [1.29, 1.82) is 0 Å². The molecule has 1 aliphatic carbocycles. The summed E-state index contributed by atoms with van der Waals surface area (Å²) in [5.74, 6) is 2.81. The highest BCUT2D eigenvalue weighted by molar-refractivity contribution is 5.79. The van der Waals surface area contributed by atoms with Crippen LogP contribution in [0.3, 0.4) is 0 Å². The van der Waals surface area contributed by atoms with Gasteiger partial charge < -0.3 is 15.2 Å². The van der Waals surface area contributed by atoms with Crippen molar-refractivity contribution in [1.82, 2.24) is 25.4 Å². The first-order valence-corrected chi connectivity index (χ1v) is 8.06. The molecular weight excluding hydrogens is 264 g/mol. The highest BCUT2D eigenvalue weighted by atomic mass is 15.3. The molecule has 118 valence electrons. The van der Waals surface area contributed by atoms with E-state index in [2.05, 4.69) is 44.2 Å². The Bertz CT molecular complexity index is 445. The van der Waals surface area contributed by atoms with Crippen molar-refractivity contribution in [2.45, 2.75) is 58.5 Å². The molecule has 1 heterocycles. The van der Waals surface area contributed by atoms with Crippen LogP contribution < -0.4 is 10.6 Å². The molecular formula is C15H28N6. The summed E-state index contributed by atoms with van der Waals surface area (Å²) < 4.78 is 2.09. The van der Waals surface area contributed by atoms with Crippen LogP contribution in [-0.2, 0) is 13.0 Å². The van der Waals surface area contributed by atoms with E-state index >= 15 is 0 Å². The summed E-state index contributed by atoms with van der Waals surface area (Å²) in [7, 11) is 1.83. The smallest absolute Gasteiger partial charge is 0.191 e. The zero-order valence-electron chi connectivity index (χ0n) is 13.5. The van der Waals surface area contributed by atoms with Gasteiger partial charge in [-0.15, -0.1) is 10.2 Å². The Morgan fingerprint density at radius 1 is 1.38 bits per heavy atom. The van der Waals surface area contributed by atoms with Gasteiger partial charge in [-0.25, -0.2) is 0 Å². The molecule has 0 aliphatic heterocycles. The lowest BCUT2D eigenvalue weighted by atomic mass is 9.87. The highest BCUT2D eigenvalue weighted by Gasteiger charge is 2.18. The maximum atomic E-state index is 4.32. The van der Waals surface area contributed by atoms with Crippen LogP contribution >= 0.6 is 0 Å². The first-order valence-electron chi connectivity index (χ1n) is 8.06. The Morgan fingerprint density at radius 3 is 2.81 bits per heavy atom. The first kappa shape index (κ1) is 15.8. The lowest BCUT2D eigenvalue weighted by Crippen LogP contribution is -2.45. The minimum absolute atomic E-state index is 0.563. The monoisotopic (exact) mass is 292 g/mol. The molecule has 0 radical (unpaired) electrons. The topological polar surface area (TPSA) is 67.1 Å². The number of nitrogens with one attached hydrogen (secondary N) is 2. The standard InChI is InChI=1S/C15H28N6/c1-4-14-20-18-11-21(14)10-9-17-15(16-3)19-13-7-5-12(2)6-8-13/h11-13H,4-10H2,1-3H3,(H2,16,17,19). The third-order valence-electron chi connectivity index (χ3n) is 4.24. The predicted octanol–water partition coefficient (Wildman–Crippen LogP) is 1.58. The van der Waals surface area contributed by atoms with E-state index in [0.717, 1.165) is 37.2 Å². The fourth-order valence-electron chi connectivity index (χ4n) is 2.83. The van der Waals surface area contributed by atoms with E-state index in [1.165, 1.54) is 25.7 Å². The molecule has 6 nitrogen and oxygen atoms in total. The minimum Gasteiger partial charge on any atom is -0.355 e. The van der Waals surface area contributed by atoms with E-state index in [4.69, 9.17) is 0 Å². The van der Waals surface area contributed by atoms with Gasteiger partial charge in [-0.3, -0.25) is 4.99 Å². The normalized spacial score (nSPS) is 23.1. The fourth-order valence-corrected chi connectivity index (χ4v) is 2.83. The number of hydrogen-bond acceptors (Lipinski definition) is 3. The van der Waals surface area contributed by atoms with Crippen molar-refractivity contribution >= 4 is 5.96 Å². The van der Waals surface area contributed by atoms with Gasteiger partial charge >= 0.3 is 0 Å². The molecule has 0 spiro atoms. The largest absolute Gasteiger partial charge is 0.355 e. The van der Waals surface area contributed by atoms with Gasteiger partial charge in [0.2, 0.25) is 0 Å². The molecule has 1 aromatic heterocycles. The molecule has 2 rings (SSSR count). The number of hydrogen-bond donors (Lipinski definition) is 2. The van der Waals surface area contributed by atoms with E-state index in [0.29, 0.717) is 6.04 Å². The van der Waals surface area contributed by atoms with Gasteiger partial charge in [0, 0.05) is 32.6 Å². The van der Waals surface area contributed by atoms with Crippen LogP contribution in [0.15, 0.2) is 11.3 Å². The van der Waals surface area contributed by atoms with Gasteiger partial charge in [-0.1, -0.05) is 13.8 Å². The molecule has 21 heavy (non-hydrogen) atoms. The number of guanidine groups is 1. The van der Waals surface area contributed by atoms with E-state index in [1.807, 2.05) is 7.05 Å². The van der Waals surface area contributed by atoms with Gasteiger partial charge in [-0.2, -0.15) is 0 Å². The molecule has 0 saturated heterocycles. The van der Waals surface area contributed by atoms with Crippen LogP contribution in [0.2, 0.25) is 0 Å². The molecule has 1 aliphatic rings. The van der Waals surface area contributed by atoms with Crippen molar-refractivity contribution in [2.75, 3.05) is 13.6 Å². The lowest BCUT2D eigenvalue weighted by molar-refractivity contribution is 0.329. The molecule has 0 aromatic carbocycles. The first-order chi connectivity index (χ1) is 10.2. The van der Waals surface area contributed by atoms with Gasteiger partial charge in [0.15, 0.2) is 5.96 Å². The second-order valence-corrected chi connectivity index (χ2v) is 5.89. The molecule has 0 atom stereocenters. The van der Waals surface area contributed by atoms with E-state index in [-0.39, 0.29) is 0 Å². The van der Waals surface area contributed by atoms with E-state index in [9.17, 15) is 0 Å². The van der Waals surface area contributed by atoms with Crippen molar-refractivity contribution in [3.05, 3.63) is 12.2 Å². The number of nitrogens with zero attached hydrogens (tertiary/aromatic N) is 4. The van der Waals surface area contributed by atoms with Crippen LogP contribution in [0.25, 0.3) is 0 Å². The Labute approximate surface area is 127 Å². The van der Waals surface area contributed by atoms with E-state index in [1.54, 1.807) is 6.33 Å². The zero-order chi connectivity index (χ0) is 15.1. The second-order valence-electron chi connectivity index (χ2n) is 5.89. The van der Waals surface area contributed by atoms with Gasteiger partial charge in [0.25, 0.3) is 0 Å². The average Bonchev–Trinajstić information content (AvgIpc) is 2.96. The summed E-state index contributed by atoms with van der Waals surface area (Å²) in [4.78, 5) is 4.32. The Morgan fingerprint density at radius 2 is 2.14 bits per heavy atom. The Balaban J connectivity index is 1.73. The van der Waals surface area contributed by atoms with Gasteiger partial charge in [-0.05, 0) is 31.6 Å². The summed E-state index contributed by atoms with van der Waals surface area (Å²) in [5, 5.41) is 15.0. The quantitative estimate of drug-likeness (QED) is 0.639. The Hall–Kier alpha value is -1.59. The van der Waals surface area contributed by atoms with Crippen LogP contribution in [-0.4, -0.2) is 40.4 Å². The van der Waals surface area contributed by atoms with E-state index < -0.39 is 0 Å². The number of rotatable bonds is 5. The summed E-state index contributed by atoms with van der Waals surface area (Å²) in [6.45, 7) is 6.12. The number of aryl methyl sites for hydroxylation is 1. The highest BCUT2D eigenvalue weighted by Crippen LogP contribution is 2.23. The van der Waals surface area contributed by atoms with Crippen LogP contribution in [0.5, 0.6) is 0 Å². The maximum Gasteiger partial charge on any atom is 0.191 e. The average molecular weight is 292 g/mol. The number of aliphatic imine (C=N–C) groups is 1. The third kappa shape index (κ3) is 4.72. The fraction of sp³-hybridized carbons (Fsp3) is 0.800. The third-order valence-corrected chi connectivity index (χ3v) is 4.24. The van der Waals surface area contributed by atoms with Crippen molar-refractivity contribution in [3.63, 3.8) is 0 Å². The van der Waals surface area contributed by atoms with Gasteiger partial charge in [0.1, 0.15) is 12.2 Å².